The monoisotopic (exact) mass is 357 g/mol. The van der Waals surface area contributed by atoms with Gasteiger partial charge < -0.3 is 11.1 Å². The number of aryl methyl sites for hydroxylation is 1. The van der Waals surface area contributed by atoms with Crippen LogP contribution in [0.25, 0.3) is 0 Å². The van der Waals surface area contributed by atoms with Crippen LogP contribution >= 0.6 is 35.3 Å². The fourth-order valence-electron chi connectivity index (χ4n) is 2.06. The number of benzene rings is 1. The van der Waals surface area contributed by atoms with E-state index in [4.69, 9.17) is 17.3 Å². The molecule has 4 nitrogen and oxygen atoms in total. The van der Waals surface area contributed by atoms with Gasteiger partial charge in [-0.1, -0.05) is 23.7 Å². The molecule has 22 heavy (non-hydrogen) atoms. The molecule has 0 unspecified atom stereocenters. The van der Waals surface area contributed by atoms with E-state index in [1.165, 1.54) is 11.3 Å². The minimum Gasteiger partial charge on any atom is -0.317 e. The Labute approximate surface area is 144 Å². The third kappa shape index (κ3) is 3.79. The van der Waals surface area contributed by atoms with Gasteiger partial charge in [0, 0.05) is 16.3 Å². The van der Waals surface area contributed by atoms with Crippen LogP contribution in [0.1, 0.15) is 29.0 Å². The van der Waals surface area contributed by atoms with E-state index in [0.29, 0.717) is 5.13 Å². The van der Waals surface area contributed by atoms with Gasteiger partial charge in [-0.25, -0.2) is 4.98 Å². The van der Waals surface area contributed by atoms with Crippen LogP contribution in [0.5, 0.6) is 0 Å². The van der Waals surface area contributed by atoms with Crippen LogP contribution in [0.15, 0.2) is 24.3 Å². The SMILES string of the molecule is Cc1nc(NC(=O)C2(N)CC2)sc1Cc1cccc(Cl)c1.Cl. The van der Waals surface area contributed by atoms with E-state index in [-0.39, 0.29) is 18.3 Å². The summed E-state index contributed by atoms with van der Waals surface area (Å²) in [5.74, 6) is -0.134. The molecule has 0 aliphatic heterocycles. The van der Waals surface area contributed by atoms with E-state index in [2.05, 4.69) is 10.3 Å². The van der Waals surface area contributed by atoms with Crippen LogP contribution in [0.3, 0.4) is 0 Å². The number of carbonyl (C=O) groups is 1. The highest BCUT2D eigenvalue weighted by atomic mass is 35.5. The number of nitrogens with zero attached hydrogens (tertiary/aromatic N) is 1. The van der Waals surface area contributed by atoms with Crippen LogP contribution < -0.4 is 11.1 Å². The highest BCUT2D eigenvalue weighted by Crippen LogP contribution is 2.34. The molecule has 0 saturated heterocycles. The molecule has 2 aromatic rings. The maximum atomic E-state index is 11.9. The predicted octanol–water partition coefficient (Wildman–Crippen LogP) is 3.55. The standard InChI is InChI=1S/C15H16ClN3OS.ClH/c1-9-12(8-10-3-2-4-11(16)7-10)21-14(18-9)19-13(20)15(17)5-6-15;/h2-4,7H,5-6,8,17H2,1H3,(H,18,19,20);1H. The number of nitrogens with two attached hydrogens (primary N) is 1. The molecular weight excluding hydrogens is 341 g/mol. The smallest absolute Gasteiger partial charge is 0.246 e. The Morgan fingerprint density at radius 3 is 2.86 bits per heavy atom. The molecule has 0 bridgehead atoms. The summed E-state index contributed by atoms with van der Waals surface area (Å²) >= 11 is 7.49. The van der Waals surface area contributed by atoms with Crippen LogP contribution in [-0.4, -0.2) is 16.4 Å². The van der Waals surface area contributed by atoms with E-state index < -0.39 is 5.54 Å². The molecule has 7 heteroatoms. The Hall–Kier alpha value is -1.14. The highest BCUT2D eigenvalue weighted by molar-refractivity contribution is 7.15. The summed E-state index contributed by atoms with van der Waals surface area (Å²) in [5.41, 5.74) is 7.26. The molecule has 0 radical (unpaired) electrons. The summed E-state index contributed by atoms with van der Waals surface area (Å²) in [6.07, 6.45) is 2.25. The first-order valence-electron chi connectivity index (χ1n) is 6.77. The second-order valence-corrected chi connectivity index (χ2v) is 6.96. The first kappa shape index (κ1) is 17.2. The molecule has 3 N–H and O–H groups in total. The number of carbonyl (C=O) groups excluding carboxylic acids is 1. The molecule has 1 aromatic carbocycles. The topological polar surface area (TPSA) is 68.0 Å². The number of nitrogens with one attached hydrogen (secondary N) is 1. The second kappa shape index (κ2) is 6.54. The highest BCUT2D eigenvalue weighted by Gasteiger charge is 2.46. The van der Waals surface area contributed by atoms with Crippen LogP contribution in [0, 0.1) is 6.92 Å². The Morgan fingerprint density at radius 1 is 1.50 bits per heavy atom. The van der Waals surface area contributed by atoms with Crippen molar-refractivity contribution in [2.45, 2.75) is 31.7 Å². The zero-order valence-corrected chi connectivity index (χ0v) is 14.4. The van der Waals surface area contributed by atoms with E-state index in [1.807, 2.05) is 31.2 Å². The minimum absolute atomic E-state index is 0. The van der Waals surface area contributed by atoms with Crippen molar-refractivity contribution in [2.24, 2.45) is 5.73 Å². The van der Waals surface area contributed by atoms with E-state index in [0.717, 1.165) is 40.4 Å². The van der Waals surface area contributed by atoms with E-state index in [1.54, 1.807) is 0 Å². The predicted molar refractivity (Wildman–Crippen MR) is 93.1 cm³/mol. The van der Waals surface area contributed by atoms with E-state index in [9.17, 15) is 4.79 Å². The number of hydrogen-bond donors (Lipinski definition) is 2. The summed E-state index contributed by atoms with van der Waals surface area (Å²) in [6, 6.07) is 7.76. The molecule has 1 saturated carbocycles. The van der Waals surface area contributed by atoms with Crippen molar-refractivity contribution in [1.82, 2.24) is 4.98 Å². The van der Waals surface area contributed by atoms with Gasteiger partial charge in [-0.05, 0) is 37.5 Å². The summed E-state index contributed by atoms with van der Waals surface area (Å²) in [7, 11) is 0. The number of halogens is 2. The number of hydrogen-bond acceptors (Lipinski definition) is 4. The lowest BCUT2D eigenvalue weighted by molar-refractivity contribution is -0.118. The van der Waals surface area contributed by atoms with E-state index >= 15 is 0 Å². The average Bonchev–Trinajstić information content (AvgIpc) is 3.08. The maximum Gasteiger partial charge on any atom is 0.246 e. The fourth-order valence-corrected chi connectivity index (χ4v) is 3.27. The zero-order chi connectivity index (χ0) is 15.0. The molecule has 0 spiro atoms. The summed E-state index contributed by atoms with van der Waals surface area (Å²) in [5, 5.41) is 4.16. The molecule has 0 atom stereocenters. The third-order valence-electron chi connectivity index (χ3n) is 3.61. The lowest BCUT2D eigenvalue weighted by Gasteiger charge is -2.06. The number of anilines is 1. The van der Waals surface area contributed by atoms with Crippen LogP contribution in [0.4, 0.5) is 5.13 Å². The van der Waals surface area contributed by atoms with Gasteiger partial charge in [0.1, 0.15) is 0 Å². The van der Waals surface area contributed by atoms with Gasteiger partial charge in [-0.15, -0.1) is 23.7 Å². The first-order chi connectivity index (χ1) is 9.96. The van der Waals surface area contributed by atoms with Gasteiger partial charge >= 0.3 is 0 Å². The van der Waals surface area contributed by atoms with Gasteiger partial charge in [0.05, 0.1) is 11.2 Å². The van der Waals surface area contributed by atoms with Crippen LogP contribution in [0.2, 0.25) is 5.02 Å². The number of rotatable bonds is 4. The summed E-state index contributed by atoms with van der Waals surface area (Å²) in [6.45, 7) is 1.95. The summed E-state index contributed by atoms with van der Waals surface area (Å²) in [4.78, 5) is 17.5. The lowest BCUT2D eigenvalue weighted by Crippen LogP contribution is -2.37. The van der Waals surface area contributed by atoms with Crippen molar-refractivity contribution in [3.8, 4) is 0 Å². The average molecular weight is 358 g/mol. The Balaban J connectivity index is 0.00000176. The van der Waals surface area contributed by atoms with Crippen molar-refractivity contribution >= 4 is 46.4 Å². The van der Waals surface area contributed by atoms with Gasteiger partial charge in [0.15, 0.2) is 5.13 Å². The molecule has 3 rings (SSSR count). The molecular formula is C15H17Cl2N3OS. The Kier molecular flexibility index (Phi) is 5.12. The number of thiazole rings is 1. The van der Waals surface area contributed by atoms with Gasteiger partial charge in [-0.3, -0.25) is 4.79 Å². The molecule has 1 amide bonds. The molecule has 1 heterocycles. The largest absolute Gasteiger partial charge is 0.317 e. The second-order valence-electron chi connectivity index (χ2n) is 5.44. The van der Waals surface area contributed by atoms with Gasteiger partial charge in [0.25, 0.3) is 0 Å². The number of amides is 1. The van der Waals surface area contributed by atoms with Crippen molar-refractivity contribution < 1.29 is 4.79 Å². The van der Waals surface area contributed by atoms with Gasteiger partial charge in [0.2, 0.25) is 5.91 Å². The van der Waals surface area contributed by atoms with Crippen LogP contribution in [-0.2, 0) is 11.2 Å². The summed E-state index contributed by atoms with van der Waals surface area (Å²) < 4.78 is 0. The molecule has 1 aliphatic carbocycles. The molecule has 1 aromatic heterocycles. The molecule has 1 aliphatic rings. The lowest BCUT2D eigenvalue weighted by atomic mass is 10.1. The minimum atomic E-state index is -0.674. The molecule has 1 fully saturated rings. The molecule has 118 valence electrons. The van der Waals surface area contributed by atoms with Crippen molar-refractivity contribution in [3.63, 3.8) is 0 Å². The fraction of sp³-hybridized carbons (Fsp3) is 0.333. The first-order valence-corrected chi connectivity index (χ1v) is 7.97. The third-order valence-corrected chi connectivity index (χ3v) is 4.92. The van der Waals surface area contributed by atoms with Crippen molar-refractivity contribution in [3.05, 3.63) is 45.4 Å². The Morgan fingerprint density at radius 2 is 2.23 bits per heavy atom. The quantitative estimate of drug-likeness (QED) is 0.878. The van der Waals surface area contributed by atoms with Crippen molar-refractivity contribution in [1.29, 1.82) is 0 Å². The Bertz CT molecular complexity index is 698. The normalized spacial score (nSPS) is 15.0. The zero-order valence-electron chi connectivity index (χ0n) is 12.1. The number of aromatic nitrogens is 1. The maximum absolute atomic E-state index is 11.9. The van der Waals surface area contributed by atoms with Crippen molar-refractivity contribution in [2.75, 3.05) is 5.32 Å². The van der Waals surface area contributed by atoms with Gasteiger partial charge in [-0.2, -0.15) is 0 Å².